The number of ether oxygens (including phenoxy) is 1. The normalized spacial score (nSPS) is 21.0. The van der Waals surface area contributed by atoms with E-state index in [4.69, 9.17) is 13.6 Å². The standard InChI is InChI=1S/C17H18N4O4/c1-9-7-21(8-15(23-9)16-20-19-11(3)25-16)17(22)12-4-5-13-14(6-12)24-10(2)18-13/h4-6,9,15H,7-8H2,1-3H3/t9-,15-/m1/s1. The summed E-state index contributed by atoms with van der Waals surface area (Å²) in [5.74, 6) is 1.35. The molecule has 8 nitrogen and oxygen atoms in total. The summed E-state index contributed by atoms with van der Waals surface area (Å²) in [5, 5.41) is 7.84. The Morgan fingerprint density at radius 2 is 2.00 bits per heavy atom. The molecule has 130 valence electrons. The highest BCUT2D eigenvalue weighted by Gasteiger charge is 2.33. The van der Waals surface area contributed by atoms with Gasteiger partial charge in [0.05, 0.1) is 12.6 Å². The third-order valence-corrected chi connectivity index (χ3v) is 4.11. The van der Waals surface area contributed by atoms with Crippen LogP contribution in [0.2, 0.25) is 0 Å². The Bertz CT molecular complexity index is 932. The molecule has 2 atom stereocenters. The molecule has 25 heavy (non-hydrogen) atoms. The fourth-order valence-electron chi connectivity index (χ4n) is 3.05. The van der Waals surface area contributed by atoms with Gasteiger partial charge in [-0.3, -0.25) is 4.79 Å². The summed E-state index contributed by atoms with van der Waals surface area (Å²) in [6.07, 6.45) is -0.559. The van der Waals surface area contributed by atoms with E-state index in [9.17, 15) is 4.79 Å². The molecule has 3 aromatic rings. The number of amides is 1. The maximum atomic E-state index is 12.9. The van der Waals surface area contributed by atoms with Crippen LogP contribution in [0.5, 0.6) is 0 Å². The van der Waals surface area contributed by atoms with Crippen LogP contribution in [0.15, 0.2) is 27.0 Å². The highest BCUT2D eigenvalue weighted by Crippen LogP contribution is 2.26. The number of aryl methyl sites for hydroxylation is 2. The fraction of sp³-hybridized carbons (Fsp3) is 0.412. The van der Waals surface area contributed by atoms with E-state index in [2.05, 4.69) is 15.2 Å². The number of carbonyl (C=O) groups is 1. The zero-order chi connectivity index (χ0) is 17.6. The zero-order valence-electron chi connectivity index (χ0n) is 14.2. The number of benzene rings is 1. The molecule has 0 aliphatic carbocycles. The van der Waals surface area contributed by atoms with Gasteiger partial charge in [-0.05, 0) is 25.1 Å². The number of oxazole rings is 1. The van der Waals surface area contributed by atoms with Crippen LogP contribution in [-0.4, -0.2) is 45.2 Å². The first-order valence-electron chi connectivity index (χ1n) is 8.11. The Morgan fingerprint density at radius 1 is 1.16 bits per heavy atom. The molecule has 0 N–H and O–H groups in total. The topological polar surface area (TPSA) is 94.5 Å². The Morgan fingerprint density at radius 3 is 2.76 bits per heavy atom. The minimum atomic E-state index is -0.426. The lowest BCUT2D eigenvalue weighted by Crippen LogP contribution is -2.46. The first-order valence-corrected chi connectivity index (χ1v) is 8.11. The van der Waals surface area contributed by atoms with E-state index < -0.39 is 6.10 Å². The first-order chi connectivity index (χ1) is 12.0. The molecule has 1 aliphatic rings. The van der Waals surface area contributed by atoms with Gasteiger partial charge in [0.25, 0.3) is 5.91 Å². The molecular weight excluding hydrogens is 324 g/mol. The molecule has 3 heterocycles. The molecular formula is C17H18N4O4. The van der Waals surface area contributed by atoms with Crippen molar-refractivity contribution in [1.29, 1.82) is 0 Å². The Kier molecular flexibility index (Phi) is 3.76. The van der Waals surface area contributed by atoms with E-state index in [0.717, 1.165) is 5.52 Å². The smallest absolute Gasteiger partial charge is 0.254 e. The van der Waals surface area contributed by atoms with Crippen LogP contribution in [0.4, 0.5) is 0 Å². The Labute approximate surface area is 143 Å². The highest BCUT2D eigenvalue weighted by atomic mass is 16.5. The van der Waals surface area contributed by atoms with Crippen LogP contribution in [-0.2, 0) is 4.74 Å². The van der Waals surface area contributed by atoms with Crippen LogP contribution < -0.4 is 0 Å². The molecule has 1 fully saturated rings. The summed E-state index contributed by atoms with van der Waals surface area (Å²) < 4.78 is 16.8. The van der Waals surface area contributed by atoms with Crippen molar-refractivity contribution >= 4 is 17.0 Å². The van der Waals surface area contributed by atoms with Gasteiger partial charge in [0.2, 0.25) is 11.8 Å². The van der Waals surface area contributed by atoms with Crippen molar-refractivity contribution in [3.8, 4) is 0 Å². The minimum absolute atomic E-state index is 0.0904. The van der Waals surface area contributed by atoms with Gasteiger partial charge in [-0.15, -0.1) is 10.2 Å². The van der Waals surface area contributed by atoms with E-state index in [1.165, 1.54) is 0 Å². The summed E-state index contributed by atoms with van der Waals surface area (Å²) in [6, 6.07) is 5.28. The predicted molar refractivity (Wildman–Crippen MR) is 87.0 cm³/mol. The molecule has 8 heteroatoms. The molecule has 1 aliphatic heterocycles. The second-order valence-corrected chi connectivity index (χ2v) is 6.22. The third kappa shape index (κ3) is 3.00. The molecule has 0 radical (unpaired) electrons. The second-order valence-electron chi connectivity index (χ2n) is 6.22. The number of hydrogen-bond donors (Lipinski definition) is 0. The van der Waals surface area contributed by atoms with E-state index in [1.54, 1.807) is 36.9 Å². The van der Waals surface area contributed by atoms with Crippen molar-refractivity contribution in [2.75, 3.05) is 13.1 Å². The number of rotatable bonds is 2. The number of nitrogens with zero attached hydrogens (tertiary/aromatic N) is 4. The van der Waals surface area contributed by atoms with Crippen molar-refractivity contribution in [1.82, 2.24) is 20.1 Å². The minimum Gasteiger partial charge on any atom is -0.441 e. The second kappa shape index (κ2) is 5.96. The van der Waals surface area contributed by atoms with E-state index in [1.807, 2.05) is 6.92 Å². The molecule has 1 amide bonds. The van der Waals surface area contributed by atoms with Crippen LogP contribution >= 0.6 is 0 Å². The summed E-state index contributed by atoms with van der Waals surface area (Å²) >= 11 is 0. The SMILES string of the molecule is Cc1nnc([C@H]2CN(C(=O)c3ccc4nc(C)oc4c3)C[C@@H](C)O2)o1. The average molecular weight is 342 g/mol. The molecule has 0 saturated carbocycles. The summed E-state index contributed by atoms with van der Waals surface area (Å²) in [6.45, 7) is 6.27. The average Bonchev–Trinajstić information content (AvgIpc) is 3.17. The molecule has 0 spiro atoms. The number of hydrogen-bond acceptors (Lipinski definition) is 7. The molecule has 4 rings (SSSR count). The summed E-state index contributed by atoms with van der Waals surface area (Å²) in [4.78, 5) is 18.9. The molecule has 1 saturated heterocycles. The van der Waals surface area contributed by atoms with Gasteiger partial charge in [0, 0.05) is 26.0 Å². The molecule has 0 unspecified atom stereocenters. The van der Waals surface area contributed by atoms with Crippen molar-refractivity contribution in [3.63, 3.8) is 0 Å². The Balaban J connectivity index is 1.59. The third-order valence-electron chi connectivity index (χ3n) is 4.11. The quantitative estimate of drug-likeness (QED) is 0.706. The highest BCUT2D eigenvalue weighted by molar-refractivity contribution is 5.97. The van der Waals surface area contributed by atoms with E-state index in [0.29, 0.717) is 41.9 Å². The van der Waals surface area contributed by atoms with Crippen LogP contribution in [0.25, 0.3) is 11.1 Å². The van der Waals surface area contributed by atoms with Gasteiger partial charge in [0.1, 0.15) is 5.52 Å². The monoisotopic (exact) mass is 342 g/mol. The largest absolute Gasteiger partial charge is 0.441 e. The van der Waals surface area contributed by atoms with Gasteiger partial charge in [-0.2, -0.15) is 0 Å². The van der Waals surface area contributed by atoms with Crippen molar-refractivity contribution in [3.05, 3.63) is 41.4 Å². The van der Waals surface area contributed by atoms with E-state index in [-0.39, 0.29) is 12.0 Å². The molecule has 0 bridgehead atoms. The van der Waals surface area contributed by atoms with Gasteiger partial charge >= 0.3 is 0 Å². The van der Waals surface area contributed by atoms with Crippen molar-refractivity contribution in [2.45, 2.75) is 33.0 Å². The molecule has 1 aromatic carbocycles. The van der Waals surface area contributed by atoms with E-state index >= 15 is 0 Å². The number of aromatic nitrogens is 3. The van der Waals surface area contributed by atoms with Gasteiger partial charge in [0.15, 0.2) is 17.6 Å². The van der Waals surface area contributed by atoms with Crippen LogP contribution in [0, 0.1) is 13.8 Å². The van der Waals surface area contributed by atoms with Crippen LogP contribution in [0.3, 0.4) is 0 Å². The lowest BCUT2D eigenvalue weighted by Gasteiger charge is -2.35. The van der Waals surface area contributed by atoms with Gasteiger partial charge < -0.3 is 18.5 Å². The number of fused-ring (bicyclic) bond motifs is 1. The van der Waals surface area contributed by atoms with Crippen LogP contribution in [0.1, 0.15) is 41.1 Å². The summed E-state index contributed by atoms with van der Waals surface area (Å²) in [5.41, 5.74) is 1.90. The number of morpholine rings is 1. The van der Waals surface area contributed by atoms with Crippen molar-refractivity contribution < 1.29 is 18.4 Å². The van der Waals surface area contributed by atoms with Crippen molar-refractivity contribution in [2.24, 2.45) is 0 Å². The lowest BCUT2D eigenvalue weighted by molar-refractivity contribution is -0.0796. The number of carbonyl (C=O) groups excluding carboxylic acids is 1. The summed E-state index contributed by atoms with van der Waals surface area (Å²) in [7, 11) is 0. The predicted octanol–water partition coefficient (Wildman–Crippen LogP) is 2.43. The van der Waals surface area contributed by atoms with Gasteiger partial charge in [-0.1, -0.05) is 0 Å². The Hall–Kier alpha value is -2.74. The van der Waals surface area contributed by atoms with Gasteiger partial charge in [-0.25, -0.2) is 4.98 Å². The maximum Gasteiger partial charge on any atom is 0.254 e. The fourth-order valence-corrected chi connectivity index (χ4v) is 3.05. The zero-order valence-corrected chi connectivity index (χ0v) is 14.2. The first kappa shape index (κ1) is 15.8. The lowest BCUT2D eigenvalue weighted by atomic mass is 10.1. The maximum absolute atomic E-state index is 12.9. The molecule has 2 aromatic heterocycles.